The van der Waals surface area contributed by atoms with E-state index in [2.05, 4.69) is 28.0 Å². The summed E-state index contributed by atoms with van der Waals surface area (Å²) in [6, 6.07) is 8.02. The zero-order chi connectivity index (χ0) is 18.6. The zero-order valence-electron chi connectivity index (χ0n) is 15.1. The number of ketones is 1. The van der Waals surface area contributed by atoms with Crippen LogP contribution in [0.4, 0.5) is 0 Å². The van der Waals surface area contributed by atoms with Crippen molar-refractivity contribution in [1.82, 2.24) is 9.97 Å². The number of nitrogens with one attached hydrogen (secondary N) is 1. The van der Waals surface area contributed by atoms with E-state index in [1.54, 1.807) is 17.5 Å². The lowest BCUT2D eigenvalue weighted by atomic mass is 9.86. The van der Waals surface area contributed by atoms with Crippen molar-refractivity contribution in [2.45, 2.75) is 31.6 Å². The maximum absolute atomic E-state index is 12.3. The Hall–Kier alpha value is -2.66. The van der Waals surface area contributed by atoms with E-state index in [0.29, 0.717) is 19.4 Å². The molecule has 0 aliphatic heterocycles. The van der Waals surface area contributed by atoms with Crippen LogP contribution in [0.15, 0.2) is 54.7 Å². The van der Waals surface area contributed by atoms with Gasteiger partial charge in [-0.15, -0.1) is 17.9 Å². The van der Waals surface area contributed by atoms with Gasteiger partial charge in [-0.05, 0) is 48.4 Å². The number of carbonyl (C=O) groups excluding carboxylic acids is 1. The van der Waals surface area contributed by atoms with E-state index in [0.717, 1.165) is 41.1 Å². The van der Waals surface area contributed by atoms with Gasteiger partial charge in [-0.1, -0.05) is 12.1 Å². The number of imidazole rings is 1. The van der Waals surface area contributed by atoms with Crippen LogP contribution in [-0.2, 0) is 12.8 Å². The summed E-state index contributed by atoms with van der Waals surface area (Å²) in [5.74, 6) is 2.03. The summed E-state index contributed by atoms with van der Waals surface area (Å²) in [6.07, 6.45) is 8.66. The van der Waals surface area contributed by atoms with Gasteiger partial charge in [0.05, 0.1) is 5.92 Å². The Bertz CT molecular complexity index is 895. The first-order chi connectivity index (χ1) is 13.3. The number of Topliss-reactive ketones (excluding diaryl/α,β-unsaturated/α-hetero) is 1. The molecule has 2 heterocycles. The second-order valence-electron chi connectivity index (χ2n) is 6.69. The lowest BCUT2D eigenvalue weighted by Gasteiger charge is -2.22. The average Bonchev–Trinajstić information content (AvgIpc) is 3.38. The molecule has 138 valence electrons. The number of ether oxygens (including phenoxy) is 1. The molecule has 2 aromatic heterocycles. The number of carbonyl (C=O) groups is 1. The molecule has 4 nitrogen and oxygen atoms in total. The second-order valence-corrected chi connectivity index (χ2v) is 7.67. The molecular weight excluding hydrogens is 356 g/mol. The number of allylic oxidation sites excluding steroid dienone is 1. The second kappa shape index (κ2) is 7.92. The van der Waals surface area contributed by atoms with Crippen LogP contribution < -0.4 is 4.74 Å². The minimum Gasteiger partial charge on any atom is -0.492 e. The third-order valence-corrected chi connectivity index (χ3v) is 6.00. The first-order valence-electron chi connectivity index (χ1n) is 9.22. The van der Waals surface area contributed by atoms with Crippen LogP contribution in [0.5, 0.6) is 5.75 Å². The normalized spacial score (nSPS) is 14.6. The highest BCUT2D eigenvalue weighted by molar-refractivity contribution is 7.10. The number of hydrogen-bond acceptors (Lipinski definition) is 4. The Morgan fingerprint density at radius 2 is 2.26 bits per heavy atom. The van der Waals surface area contributed by atoms with E-state index >= 15 is 0 Å². The first-order valence-corrected chi connectivity index (χ1v) is 10.1. The Balaban J connectivity index is 1.63. The van der Waals surface area contributed by atoms with Gasteiger partial charge in [-0.25, -0.2) is 4.98 Å². The minimum absolute atomic E-state index is 0.0502. The largest absolute Gasteiger partial charge is 0.492 e. The van der Waals surface area contributed by atoms with Gasteiger partial charge in [0.2, 0.25) is 0 Å². The molecule has 1 aromatic carbocycles. The molecule has 4 rings (SSSR count). The highest BCUT2D eigenvalue weighted by Gasteiger charge is 2.24. The summed E-state index contributed by atoms with van der Waals surface area (Å²) in [6.45, 7) is 4.38. The molecule has 0 spiro atoms. The summed E-state index contributed by atoms with van der Waals surface area (Å²) >= 11 is 1.70. The number of aromatic nitrogens is 2. The zero-order valence-corrected chi connectivity index (χ0v) is 15.9. The van der Waals surface area contributed by atoms with Crippen LogP contribution in [0.1, 0.15) is 50.9 Å². The standard InChI is InChI=1S/C22H22N2O2S/c1-2-5-17-15-6-3-7-19(25)16(15)9-10-20(17)26-14-18(21-8-4-13-27-21)22-23-11-12-24-22/h2,4,8-13,18H,1,3,5-7,14H2,(H,23,24). The van der Waals surface area contributed by atoms with Gasteiger partial charge >= 0.3 is 0 Å². The van der Waals surface area contributed by atoms with Crippen molar-refractivity contribution in [2.75, 3.05) is 6.61 Å². The molecule has 5 heteroatoms. The van der Waals surface area contributed by atoms with Gasteiger partial charge in [0, 0.05) is 34.8 Å². The molecule has 0 saturated heterocycles. The lowest BCUT2D eigenvalue weighted by Crippen LogP contribution is -2.16. The molecule has 1 unspecified atom stereocenters. The molecule has 3 aromatic rings. The maximum atomic E-state index is 12.3. The molecule has 0 amide bonds. The summed E-state index contributed by atoms with van der Waals surface area (Å²) in [7, 11) is 0. The van der Waals surface area contributed by atoms with Crippen LogP contribution in [0.25, 0.3) is 0 Å². The van der Waals surface area contributed by atoms with Crippen LogP contribution in [0.2, 0.25) is 0 Å². The molecule has 0 radical (unpaired) electrons. The van der Waals surface area contributed by atoms with E-state index in [9.17, 15) is 4.79 Å². The number of thiophene rings is 1. The Kier molecular flexibility index (Phi) is 5.21. The lowest BCUT2D eigenvalue weighted by molar-refractivity contribution is 0.0972. The van der Waals surface area contributed by atoms with Crippen LogP contribution >= 0.6 is 11.3 Å². The smallest absolute Gasteiger partial charge is 0.163 e. The number of H-pyrrole nitrogens is 1. The molecule has 0 fully saturated rings. The van der Waals surface area contributed by atoms with E-state index in [4.69, 9.17) is 4.74 Å². The van der Waals surface area contributed by atoms with E-state index in [1.807, 2.05) is 30.5 Å². The summed E-state index contributed by atoms with van der Waals surface area (Å²) in [4.78, 5) is 21.1. The van der Waals surface area contributed by atoms with Crippen molar-refractivity contribution in [3.63, 3.8) is 0 Å². The van der Waals surface area contributed by atoms with Crippen molar-refractivity contribution < 1.29 is 9.53 Å². The Morgan fingerprint density at radius 3 is 3.00 bits per heavy atom. The first kappa shape index (κ1) is 17.7. The molecule has 1 aliphatic rings. The van der Waals surface area contributed by atoms with Crippen molar-refractivity contribution in [3.8, 4) is 5.75 Å². The quantitative estimate of drug-likeness (QED) is 0.593. The number of nitrogens with zero attached hydrogens (tertiary/aromatic N) is 1. The summed E-state index contributed by atoms with van der Waals surface area (Å²) < 4.78 is 6.29. The number of hydrogen-bond donors (Lipinski definition) is 1. The third kappa shape index (κ3) is 3.60. The number of fused-ring (bicyclic) bond motifs is 1. The van der Waals surface area contributed by atoms with E-state index in [1.165, 1.54) is 4.88 Å². The third-order valence-electron chi connectivity index (χ3n) is 5.01. The molecule has 27 heavy (non-hydrogen) atoms. The van der Waals surface area contributed by atoms with E-state index < -0.39 is 0 Å². The molecular formula is C22H22N2O2S. The highest BCUT2D eigenvalue weighted by Crippen LogP contribution is 2.33. The molecule has 1 aliphatic carbocycles. The number of rotatable bonds is 7. The molecule has 0 saturated carbocycles. The predicted molar refractivity (Wildman–Crippen MR) is 108 cm³/mol. The maximum Gasteiger partial charge on any atom is 0.163 e. The topological polar surface area (TPSA) is 55.0 Å². The predicted octanol–water partition coefficient (Wildman–Crippen LogP) is 4.93. The molecule has 1 atom stereocenters. The molecule has 0 bridgehead atoms. The van der Waals surface area contributed by atoms with Gasteiger partial charge in [-0.3, -0.25) is 4.79 Å². The minimum atomic E-state index is 0.0502. The summed E-state index contributed by atoms with van der Waals surface area (Å²) in [5.41, 5.74) is 3.08. The summed E-state index contributed by atoms with van der Waals surface area (Å²) in [5, 5.41) is 2.07. The Labute approximate surface area is 162 Å². The van der Waals surface area contributed by atoms with Crippen molar-refractivity contribution in [2.24, 2.45) is 0 Å². The van der Waals surface area contributed by atoms with Crippen LogP contribution in [-0.4, -0.2) is 22.4 Å². The fraction of sp³-hybridized carbons (Fsp3) is 0.273. The molecule has 1 N–H and O–H groups in total. The SMILES string of the molecule is C=CCc1c(OCC(c2ncc[nH]2)c2cccs2)ccc2c1CCCC2=O. The van der Waals surface area contributed by atoms with Gasteiger partial charge in [-0.2, -0.15) is 0 Å². The van der Waals surface area contributed by atoms with Crippen molar-refractivity contribution >= 4 is 17.1 Å². The van der Waals surface area contributed by atoms with Gasteiger partial charge in [0.15, 0.2) is 5.78 Å². The van der Waals surface area contributed by atoms with Crippen molar-refractivity contribution in [1.29, 1.82) is 0 Å². The monoisotopic (exact) mass is 378 g/mol. The number of aromatic amines is 1. The fourth-order valence-electron chi connectivity index (χ4n) is 3.71. The van der Waals surface area contributed by atoms with E-state index in [-0.39, 0.29) is 11.7 Å². The highest BCUT2D eigenvalue weighted by atomic mass is 32.1. The average molecular weight is 378 g/mol. The van der Waals surface area contributed by atoms with Gasteiger partial charge < -0.3 is 9.72 Å². The van der Waals surface area contributed by atoms with Crippen LogP contribution in [0.3, 0.4) is 0 Å². The number of benzene rings is 1. The van der Waals surface area contributed by atoms with Crippen LogP contribution in [0, 0.1) is 0 Å². The van der Waals surface area contributed by atoms with Gasteiger partial charge in [0.25, 0.3) is 0 Å². The van der Waals surface area contributed by atoms with Crippen molar-refractivity contribution in [3.05, 3.63) is 82.1 Å². The Morgan fingerprint density at radius 1 is 1.33 bits per heavy atom. The fourth-order valence-corrected chi connectivity index (χ4v) is 4.52. The van der Waals surface area contributed by atoms with Gasteiger partial charge in [0.1, 0.15) is 18.2 Å².